The molecule has 3 nitrogen and oxygen atoms in total. The Labute approximate surface area is 156 Å². The highest BCUT2D eigenvalue weighted by molar-refractivity contribution is 5.33. The lowest BCUT2D eigenvalue weighted by Gasteiger charge is -2.22. The minimum Gasteiger partial charge on any atom is -0.457 e. The Hall–Kier alpha value is -2.62. The van der Waals surface area contributed by atoms with Crippen molar-refractivity contribution in [2.45, 2.75) is 19.5 Å². The second-order valence-corrected chi connectivity index (χ2v) is 6.40. The van der Waals surface area contributed by atoms with Crippen molar-refractivity contribution >= 4 is 0 Å². The van der Waals surface area contributed by atoms with Crippen LogP contribution in [0, 0.1) is 0 Å². The van der Waals surface area contributed by atoms with Crippen molar-refractivity contribution in [1.82, 2.24) is 4.90 Å². The molecule has 0 atom stereocenters. The Bertz CT molecular complexity index is 774. The van der Waals surface area contributed by atoms with Gasteiger partial charge < -0.3 is 10.5 Å². The summed E-state index contributed by atoms with van der Waals surface area (Å²) >= 11 is 0. The molecular formula is C23H26N2O. The molecule has 3 rings (SSSR count). The highest BCUT2D eigenvalue weighted by atomic mass is 16.5. The van der Waals surface area contributed by atoms with Gasteiger partial charge in [0.25, 0.3) is 0 Å². The Kier molecular flexibility index (Phi) is 6.82. The van der Waals surface area contributed by atoms with Crippen molar-refractivity contribution in [3.8, 4) is 11.5 Å². The van der Waals surface area contributed by atoms with E-state index in [2.05, 4.69) is 53.4 Å². The van der Waals surface area contributed by atoms with Crippen LogP contribution in [0.15, 0.2) is 84.9 Å². The molecule has 0 aromatic heterocycles. The van der Waals surface area contributed by atoms with Gasteiger partial charge in [0.15, 0.2) is 0 Å². The number of para-hydroxylation sites is 1. The molecule has 0 amide bonds. The quantitative estimate of drug-likeness (QED) is 0.603. The minimum absolute atomic E-state index is 0.711. The van der Waals surface area contributed by atoms with Crippen molar-refractivity contribution in [2.75, 3.05) is 13.1 Å². The van der Waals surface area contributed by atoms with E-state index >= 15 is 0 Å². The van der Waals surface area contributed by atoms with E-state index in [0.29, 0.717) is 6.54 Å². The van der Waals surface area contributed by atoms with Gasteiger partial charge in [-0.3, -0.25) is 4.90 Å². The fourth-order valence-electron chi connectivity index (χ4n) is 2.96. The van der Waals surface area contributed by atoms with Crippen LogP contribution in [-0.4, -0.2) is 18.0 Å². The van der Waals surface area contributed by atoms with Gasteiger partial charge in [-0.15, -0.1) is 0 Å². The lowest BCUT2D eigenvalue weighted by atomic mass is 10.1. The topological polar surface area (TPSA) is 38.5 Å². The van der Waals surface area contributed by atoms with E-state index in [1.165, 1.54) is 11.1 Å². The summed E-state index contributed by atoms with van der Waals surface area (Å²) in [5.41, 5.74) is 8.29. The van der Waals surface area contributed by atoms with Gasteiger partial charge in [-0.05, 0) is 48.4 Å². The molecule has 3 aromatic carbocycles. The number of benzene rings is 3. The maximum atomic E-state index is 5.96. The van der Waals surface area contributed by atoms with E-state index in [9.17, 15) is 0 Å². The van der Waals surface area contributed by atoms with Crippen LogP contribution < -0.4 is 10.5 Å². The number of nitrogens with two attached hydrogens (primary N) is 1. The first kappa shape index (κ1) is 18.2. The van der Waals surface area contributed by atoms with Crippen molar-refractivity contribution in [3.05, 3.63) is 96.1 Å². The van der Waals surface area contributed by atoms with Crippen molar-refractivity contribution < 1.29 is 4.74 Å². The molecule has 3 aromatic rings. The number of hydrogen-bond donors (Lipinski definition) is 1. The van der Waals surface area contributed by atoms with Crippen LogP contribution in [0.5, 0.6) is 11.5 Å². The Morgan fingerprint density at radius 2 is 1.31 bits per heavy atom. The molecule has 0 fully saturated rings. The minimum atomic E-state index is 0.711. The van der Waals surface area contributed by atoms with E-state index in [1.807, 2.05) is 36.4 Å². The van der Waals surface area contributed by atoms with Gasteiger partial charge in [-0.2, -0.15) is 0 Å². The molecular weight excluding hydrogens is 320 g/mol. The Balaban J connectivity index is 1.68. The highest BCUT2D eigenvalue weighted by Gasteiger charge is 2.08. The maximum absolute atomic E-state index is 5.96. The molecule has 0 aliphatic carbocycles. The molecule has 2 N–H and O–H groups in total. The van der Waals surface area contributed by atoms with E-state index in [0.717, 1.165) is 37.6 Å². The fourth-order valence-corrected chi connectivity index (χ4v) is 2.96. The lowest BCUT2D eigenvalue weighted by molar-refractivity contribution is 0.255. The van der Waals surface area contributed by atoms with Gasteiger partial charge in [0.05, 0.1) is 0 Å². The molecule has 26 heavy (non-hydrogen) atoms. The van der Waals surface area contributed by atoms with Crippen molar-refractivity contribution in [1.29, 1.82) is 0 Å². The molecule has 134 valence electrons. The summed E-state index contributed by atoms with van der Waals surface area (Å²) in [5.74, 6) is 1.72. The highest BCUT2D eigenvalue weighted by Crippen LogP contribution is 2.22. The number of nitrogens with zero attached hydrogens (tertiary/aromatic N) is 1. The predicted molar refractivity (Wildman–Crippen MR) is 107 cm³/mol. The summed E-state index contributed by atoms with van der Waals surface area (Å²) in [6.45, 7) is 3.49. The standard InChI is InChI=1S/C23H26N2O/c24-15-8-16-25(18-20-9-3-1-4-10-20)19-21-11-7-14-23(17-21)26-22-12-5-2-6-13-22/h1-7,9-14,17H,8,15-16,18-19,24H2. The van der Waals surface area contributed by atoms with E-state index in [4.69, 9.17) is 10.5 Å². The van der Waals surface area contributed by atoms with E-state index in [1.54, 1.807) is 0 Å². The second kappa shape index (κ2) is 9.76. The first-order valence-corrected chi connectivity index (χ1v) is 9.12. The molecule has 0 saturated heterocycles. The van der Waals surface area contributed by atoms with Crippen molar-refractivity contribution in [2.24, 2.45) is 5.73 Å². The average Bonchev–Trinajstić information content (AvgIpc) is 2.68. The third-order valence-electron chi connectivity index (χ3n) is 4.21. The lowest BCUT2D eigenvalue weighted by Crippen LogP contribution is -2.25. The van der Waals surface area contributed by atoms with Gasteiger partial charge in [0, 0.05) is 19.6 Å². The van der Waals surface area contributed by atoms with Gasteiger partial charge in [-0.25, -0.2) is 0 Å². The summed E-state index contributed by atoms with van der Waals surface area (Å²) in [7, 11) is 0. The number of ether oxygens (including phenoxy) is 1. The van der Waals surface area contributed by atoms with Crippen LogP contribution in [0.2, 0.25) is 0 Å². The van der Waals surface area contributed by atoms with Crippen LogP contribution >= 0.6 is 0 Å². The molecule has 0 aliphatic heterocycles. The van der Waals surface area contributed by atoms with Crippen LogP contribution in [-0.2, 0) is 13.1 Å². The van der Waals surface area contributed by atoms with Gasteiger partial charge in [-0.1, -0.05) is 60.7 Å². The average molecular weight is 346 g/mol. The summed E-state index contributed by atoms with van der Waals surface area (Å²) in [6, 6.07) is 28.8. The molecule has 0 saturated carbocycles. The van der Waals surface area contributed by atoms with Crippen molar-refractivity contribution in [3.63, 3.8) is 0 Å². The SMILES string of the molecule is NCCCN(Cc1ccccc1)Cc1cccc(Oc2ccccc2)c1. The molecule has 0 aliphatic rings. The molecule has 0 heterocycles. The molecule has 0 radical (unpaired) electrons. The zero-order valence-electron chi connectivity index (χ0n) is 15.1. The Morgan fingerprint density at radius 1 is 0.692 bits per heavy atom. The second-order valence-electron chi connectivity index (χ2n) is 6.40. The zero-order chi connectivity index (χ0) is 18.0. The predicted octanol–water partition coefficient (Wildman–Crippen LogP) is 4.83. The fraction of sp³-hybridized carbons (Fsp3) is 0.217. The summed E-state index contributed by atoms with van der Waals surface area (Å²) in [6.07, 6.45) is 0.993. The van der Waals surface area contributed by atoms with E-state index < -0.39 is 0 Å². The molecule has 0 spiro atoms. The Morgan fingerprint density at radius 3 is 2.04 bits per heavy atom. The number of rotatable bonds is 9. The first-order chi connectivity index (χ1) is 12.8. The van der Waals surface area contributed by atoms with E-state index in [-0.39, 0.29) is 0 Å². The smallest absolute Gasteiger partial charge is 0.127 e. The third kappa shape index (κ3) is 5.73. The van der Waals surface area contributed by atoms with Crippen LogP contribution in [0.4, 0.5) is 0 Å². The summed E-state index contributed by atoms with van der Waals surface area (Å²) in [4.78, 5) is 2.43. The molecule has 0 unspecified atom stereocenters. The summed E-state index contributed by atoms with van der Waals surface area (Å²) < 4.78 is 5.96. The number of hydrogen-bond acceptors (Lipinski definition) is 3. The molecule has 0 bridgehead atoms. The van der Waals surface area contributed by atoms with Crippen LogP contribution in [0.1, 0.15) is 17.5 Å². The zero-order valence-corrected chi connectivity index (χ0v) is 15.1. The summed E-state index contributed by atoms with van der Waals surface area (Å²) in [5, 5.41) is 0. The third-order valence-corrected chi connectivity index (χ3v) is 4.21. The monoisotopic (exact) mass is 346 g/mol. The molecule has 3 heteroatoms. The van der Waals surface area contributed by atoms with Gasteiger partial charge >= 0.3 is 0 Å². The van der Waals surface area contributed by atoms with Gasteiger partial charge in [0.1, 0.15) is 11.5 Å². The van der Waals surface area contributed by atoms with Gasteiger partial charge in [0.2, 0.25) is 0 Å². The largest absolute Gasteiger partial charge is 0.457 e. The van der Waals surface area contributed by atoms with Crippen LogP contribution in [0.3, 0.4) is 0 Å². The normalized spacial score (nSPS) is 10.8. The van der Waals surface area contributed by atoms with Crippen LogP contribution in [0.25, 0.3) is 0 Å². The maximum Gasteiger partial charge on any atom is 0.127 e. The first-order valence-electron chi connectivity index (χ1n) is 9.12.